The molecule has 0 atom stereocenters. The Morgan fingerprint density at radius 3 is 2.24 bits per heavy atom. The van der Waals surface area contributed by atoms with Gasteiger partial charge in [0.05, 0.1) is 16.7 Å². The van der Waals surface area contributed by atoms with E-state index in [0.717, 1.165) is 22.4 Å². The Hall–Kier alpha value is -3.32. The van der Waals surface area contributed by atoms with E-state index in [-0.39, 0.29) is 24.1 Å². The van der Waals surface area contributed by atoms with Crippen molar-refractivity contribution in [2.24, 2.45) is 0 Å². The first-order valence-electron chi connectivity index (χ1n) is 10.8. The van der Waals surface area contributed by atoms with Gasteiger partial charge in [0.1, 0.15) is 12.3 Å². The molecule has 7 heteroatoms. The molecule has 3 aromatic rings. The third kappa shape index (κ3) is 6.14. The summed E-state index contributed by atoms with van der Waals surface area (Å²) >= 11 is 0. The number of ether oxygens (including phenoxy) is 1. The van der Waals surface area contributed by atoms with Crippen LogP contribution >= 0.6 is 0 Å². The maximum absolute atomic E-state index is 13.5. The highest BCUT2D eigenvalue weighted by atomic mass is 32.2. The zero-order valence-electron chi connectivity index (χ0n) is 19.4. The number of amides is 1. The molecule has 0 saturated carbocycles. The van der Waals surface area contributed by atoms with Crippen LogP contribution in [0.5, 0.6) is 5.75 Å². The summed E-state index contributed by atoms with van der Waals surface area (Å²) in [6.45, 7) is 7.65. The van der Waals surface area contributed by atoms with E-state index in [0.29, 0.717) is 5.69 Å². The molecule has 0 fully saturated rings. The van der Waals surface area contributed by atoms with E-state index in [1.165, 1.54) is 16.4 Å². The largest absolute Gasteiger partial charge is 0.491 e. The van der Waals surface area contributed by atoms with Gasteiger partial charge in [-0.05, 0) is 74.7 Å². The summed E-state index contributed by atoms with van der Waals surface area (Å²) in [5, 5.41) is 2.83. The zero-order chi connectivity index (χ0) is 24.0. The van der Waals surface area contributed by atoms with Crippen LogP contribution in [0, 0.1) is 13.8 Å². The predicted molar refractivity (Wildman–Crippen MR) is 131 cm³/mol. The van der Waals surface area contributed by atoms with Crippen LogP contribution in [0.25, 0.3) is 0 Å². The molecule has 1 N–H and O–H groups in total. The van der Waals surface area contributed by atoms with Crippen molar-refractivity contribution >= 4 is 21.6 Å². The molecule has 0 aliphatic heterocycles. The summed E-state index contributed by atoms with van der Waals surface area (Å²) < 4.78 is 33.7. The Morgan fingerprint density at radius 2 is 1.61 bits per heavy atom. The quantitative estimate of drug-likeness (QED) is 0.500. The molecule has 0 heterocycles. The molecule has 0 spiro atoms. The first-order valence-corrected chi connectivity index (χ1v) is 12.3. The first kappa shape index (κ1) is 24.3. The molecular formula is C26H30N2O4S. The van der Waals surface area contributed by atoms with Gasteiger partial charge in [-0.15, -0.1) is 0 Å². The topological polar surface area (TPSA) is 75.7 Å². The number of carbonyl (C=O) groups is 1. The van der Waals surface area contributed by atoms with Gasteiger partial charge in [0.15, 0.2) is 0 Å². The Labute approximate surface area is 196 Å². The lowest BCUT2D eigenvalue weighted by molar-refractivity contribution is -0.119. The van der Waals surface area contributed by atoms with Gasteiger partial charge in [0.2, 0.25) is 5.91 Å². The van der Waals surface area contributed by atoms with Gasteiger partial charge in [-0.25, -0.2) is 8.42 Å². The standard InChI is InChI=1S/C26H30N2O4S/c1-19(2)32-23-15-13-22(14-16-23)17-27-26(29)18-28(25-12-8-9-20(3)21(25)4)33(30,31)24-10-6-5-7-11-24/h5-16,19H,17-18H2,1-4H3,(H,27,29). The maximum atomic E-state index is 13.5. The number of hydrogen-bond donors (Lipinski definition) is 1. The second-order valence-electron chi connectivity index (χ2n) is 8.13. The van der Waals surface area contributed by atoms with Gasteiger partial charge < -0.3 is 10.1 Å². The van der Waals surface area contributed by atoms with Gasteiger partial charge in [-0.3, -0.25) is 9.10 Å². The highest BCUT2D eigenvalue weighted by molar-refractivity contribution is 7.92. The van der Waals surface area contributed by atoms with Crippen molar-refractivity contribution in [2.45, 2.75) is 45.2 Å². The Kier molecular flexibility index (Phi) is 7.76. The fourth-order valence-electron chi connectivity index (χ4n) is 3.37. The van der Waals surface area contributed by atoms with Gasteiger partial charge in [0, 0.05) is 6.54 Å². The summed E-state index contributed by atoms with van der Waals surface area (Å²) in [7, 11) is -3.93. The summed E-state index contributed by atoms with van der Waals surface area (Å²) in [4.78, 5) is 13.0. The van der Waals surface area contributed by atoms with E-state index in [1.807, 2.05) is 58.0 Å². The number of carbonyl (C=O) groups excluding carboxylic acids is 1. The second-order valence-corrected chi connectivity index (χ2v) is 9.99. The number of aryl methyl sites for hydroxylation is 1. The molecular weight excluding hydrogens is 436 g/mol. The van der Waals surface area contributed by atoms with Crippen LogP contribution in [0.3, 0.4) is 0 Å². The molecule has 0 radical (unpaired) electrons. The SMILES string of the molecule is Cc1cccc(N(CC(=O)NCc2ccc(OC(C)C)cc2)S(=O)(=O)c2ccccc2)c1C. The number of benzene rings is 3. The van der Waals surface area contributed by atoms with Crippen molar-refractivity contribution in [3.63, 3.8) is 0 Å². The highest BCUT2D eigenvalue weighted by Gasteiger charge is 2.28. The molecule has 0 bridgehead atoms. The Balaban J connectivity index is 1.80. The van der Waals surface area contributed by atoms with Crippen LogP contribution in [0.15, 0.2) is 77.7 Å². The average Bonchev–Trinajstić information content (AvgIpc) is 2.79. The maximum Gasteiger partial charge on any atom is 0.264 e. The Morgan fingerprint density at radius 1 is 0.939 bits per heavy atom. The minimum atomic E-state index is -3.93. The van der Waals surface area contributed by atoms with Crippen molar-refractivity contribution in [2.75, 3.05) is 10.8 Å². The molecule has 3 rings (SSSR count). The lowest BCUT2D eigenvalue weighted by atomic mass is 10.1. The van der Waals surface area contributed by atoms with Crippen LogP contribution in [-0.2, 0) is 21.4 Å². The van der Waals surface area contributed by atoms with Gasteiger partial charge >= 0.3 is 0 Å². The number of sulfonamides is 1. The predicted octanol–water partition coefficient (Wildman–Crippen LogP) is 4.60. The average molecular weight is 467 g/mol. The normalized spacial score (nSPS) is 11.3. The third-order valence-electron chi connectivity index (χ3n) is 5.25. The van der Waals surface area contributed by atoms with Gasteiger partial charge in [-0.1, -0.05) is 42.5 Å². The van der Waals surface area contributed by atoms with Crippen molar-refractivity contribution in [3.8, 4) is 5.75 Å². The van der Waals surface area contributed by atoms with Crippen molar-refractivity contribution in [1.82, 2.24) is 5.32 Å². The molecule has 0 saturated heterocycles. The van der Waals surface area contributed by atoms with Gasteiger partial charge in [-0.2, -0.15) is 0 Å². The minimum Gasteiger partial charge on any atom is -0.491 e. The van der Waals surface area contributed by atoms with E-state index in [2.05, 4.69) is 5.32 Å². The molecule has 0 aliphatic rings. The zero-order valence-corrected chi connectivity index (χ0v) is 20.2. The van der Waals surface area contributed by atoms with E-state index in [9.17, 15) is 13.2 Å². The third-order valence-corrected chi connectivity index (χ3v) is 7.02. The molecule has 174 valence electrons. The van der Waals surface area contributed by atoms with Crippen molar-refractivity contribution in [3.05, 3.63) is 89.5 Å². The first-order chi connectivity index (χ1) is 15.7. The van der Waals surface area contributed by atoms with Crippen molar-refractivity contribution < 1.29 is 17.9 Å². The fourth-order valence-corrected chi connectivity index (χ4v) is 4.87. The minimum absolute atomic E-state index is 0.0816. The van der Waals surface area contributed by atoms with Crippen LogP contribution in [0.1, 0.15) is 30.5 Å². The smallest absolute Gasteiger partial charge is 0.264 e. The lowest BCUT2D eigenvalue weighted by Crippen LogP contribution is -2.41. The van der Waals surface area contributed by atoms with Gasteiger partial charge in [0.25, 0.3) is 10.0 Å². The summed E-state index contributed by atoms with van der Waals surface area (Å²) in [5.74, 6) is 0.369. The second kappa shape index (κ2) is 10.5. The van der Waals surface area contributed by atoms with Crippen molar-refractivity contribution in [1.29, 1.82) is 0 Å². The van der Waals surface area contributed by atoms with E-state index >= 15 is 0 Å². The molecule has 0 aromatic heterocycles. The van der Waals surface area contributed by atoms with Crippen LogP contribution in [0.4, 0.5) is 5.69 Å². The van der Waals surface area contributed by atoms with E-state index in [1.54, 1.807) is 30.3 Å². The fraction of sp³-hybridized carbons (Fsp3) is 0.269. The van der Waals surface area contributed by atoms with Crippen LogP contribution in [-0.4, -0.2) is 27.0 Å². The molecule has 6 nitrogen and oxygen atoms in total. The molecule has 1 amide bonds. The van der Waals surface area contributed by atoms with Crippen LogP contribution < -0.4 is 14.4 Å². The molecule has 33 heavy (non-hydrogen) atoms. The molecule has 0 unspecified atom stereocenters. The van der Waals surface area contributed by atoms with E-state index in [4.69, 9.17) is 4.74 Å². The number of hydrogen-bond acceptors (Lipinski definition) is 4. The van der Waals surface area contributed by atoms with Crippen LogP contribution in [0.2, 0.25) is 0 Å². The number of anilines is 1. The Bertz CT molecular complexity index is 1190. The lowest BCUT2D eigenvalue weighted by Gasteiger charge is -2.26. The molecule has 3 aromatic carbocycles. The monoisotopic (exact) mass is 466 g/mol. The summed E-state index contributed by atoms with van der Waals surface area (Å²) in [6.07, 6.45) is 0.0816. The number of rotatable bonds is 9. The number of nitrogens with zero attached hydrogens (tertiary/aromatic N) is 1. The highest BCUT2D eigenvalue weighted by Crippen LogP contribution is 2.28. The van der Waals surface area contributed by atoms with E-state index < -0.39 is 15.9 Å². The summed E-state index contributed by atoms with van der Waals surface area (Å²) in [6, 6.07) is 21.0. The summed E-state index contributed by atoms with van der Waals surface area (Å²) in [5.41, 5.74) is 3.14. The molecule has 0 aliphatic carbocycles. The number of nitrogens with one attached hydrogen (secondary N) is 1.